The van der Waals surface area contributed by atoms with E-state index in [1.54, 1.807) is 7.05 Å². The summed E-state index contributed by atoms with van der Waals surface area (Å²) < 4.78 is 6.76. The fourth-order valence-corrected chi connectivity index (χ4v) is 3.79. The molecule has 0 aromatic heterocycles. The van der Waals surface area contributed by atoms with Crippen molar-refractivity contribution in [3.8, 4) is 0 Å². The van der Waals surface area contributed by atoms with Crippen LogP contribution in [0.5, 0.6) is 0 Å². The Balaban J connectivity index is 0.00000243. The van der Waals surface area contributed by atoms with Gasteiger partial charge in [0, 0.05) is 30.2 Å². The van der Waals surface area contributed by atoms with Gasteiger partial charge in [-0.2, -0.15) is 0 Å². The second kappa shape index (κ2) is 10.5. The van der Waals surface area contributed by atoms with E-state index < -0.39 is 0 Å². The molecule has 144 valence electrons. The van der Waals surface area contributed by atoms with Crippen LogP contribution in [0.3, 0.4) is 0 Å². The highest BCUT2D eigenvalue weighted by molar-refractivity contribution is 14.0. The van der Waals surface area contributed by atoms with Gasteiger partial charge in [-0.1, -0.05) is 22.0 Å². The van der Waals surface area contributed by atoms with E-state index >= 15 is 0 Å². The van der Waals surface area contributed by atoms with Crippen LogP contribution >= 0.6 is 39.9 Å². The van der Waals surface area contributed by atoms with Crippen molar-refractivity contribution in [1.29, 1.82) is 0 Å². The summed E-state index contributed by atoms with van der Waals surface area (Å²) in [5.41, 5.74) is 0.663. The number of aliphatic imine (C=N–C) groups is 1. The summed E-state index contributed by atoms with van der Waals surface area (Å²) in [7, 11) is 1.78. The maximum absolute atomic E-state index is 12.1. The Labute approximate surface area is 180 Å². The van der Waals surface area contributed by atoms with Crippen LogP contribution in [-0.4, -0.2) is 50.3 Å². The molecular weight excluding hydrogens is 511 g/mol. The number of halogens is 2. The van der Waals surface area contributed by atoms with Gasteiger partial charge in [0.2, 0.25) is 0 Å². The van der Waals surface area contributed by atoms with Gasteiger partial charge in [-0.3, -0.25) is 9.79 Å². The Morgan fingerprint density at radius 1 is 1.31 bits per heavy atom. The number of benzene rings is 1. The fraction of sp³-hybridized carbons (Fsp3) is 0.556. The average molecular weight is 537 g/mol. The van der Waals surface area contributed by atoms with E-state index in [2.05, 4.69) is 36.9 Å². The number of ether oxygens (including phenoxy) is 1. The molecule has 1 amide bonds. The number of nitrogens with one attached hydrogen (secondary N) is 3. The second-order valence-corrected chi connectivity index (χ2v) is 7.39. The van der Waals surface area contributed by atoms with Gasteiger partial charge in [-0.15, -0.1) is 24.0 Å². The zero-order valence-electron chi connectivity index (χ0n) is 14.8. The standard InChI is InChI=1S/C18H25BrN4O2.HI/c1-20-18(23-15-11-14-6-7-16(15)25-14)22-9-3-8-21-17(24)12-4-2-5-13(19)10-12;/h2,4-5,10,14-16H,3,6-9,11H2,1H3,(H,21,24)(H2,20,22,23);1H. The van der Waals surface area contributed by atoms with Crippen LogP contribution in [0.4, 0.5) is 0 Å². The topological polar surface area (TPSA) is 74.8 Å². The highest BCUT2D eigenvalue weighted by atomic mass is 127. The van der Waals surface area contributed by atoms with Gasteiger partial charge in [-0.25, -0.2) is 0 Å². The van der Waals surface area contributed by atoms with Crippen LogP contribution in [0, 0.1) is 0 Å². The molecule has 0 aliphatic carbocycles. The first-order valence-electron chi connectivity index (χ1n) is 8.82. The van der Waals surface area contributed by atoms with Crippen molar-refractivity contribution in [3.63, 3.8) is 0 Å². The Kier molecular flexibility index (Phi) is 8.62. The molecule has 3 atom stereocenters. The maximum atomic E-state index is 12.1. The van der Waals surface area contributed by atoms with Crippen LogP contribution in [0.15, 0.2) is 33.7 Å². The number of nitrogens with zero attached hydrogens (tertiary/aromatic N) is 1. The summed E-state index contributed by atoms with van der Waals surface area (Å²) >= 11 is 3.38. The normalized spacial score (nSPS) is 24.1. The Hall–Kier alpha value is -0.870. The van der Waals surface area contributed by atoms with E-state index in [1.807, 2.05) is 24.3 Å². The number of fused-ring (bicyclic) bond motifs is 2. The molecule has 1 aromatic carbocycles. The van der Waals surface area contributed by atoms with Crippen LogP contribution < -0.4 is 16.0 Å². The van der Waals surface area contributed by atoms with Gasteiger partial charge in [0.05, 0.1) is 18.2 Å². The molecule has 2 heterocycles. The second-order valence-electron chi connectivity index (χ2n) is 6.48. The van der Waals surface area contributed by atoms with E-state index in [4.69, 9.17) is 4.74 Å². The van der Waals surface area contributed by atoms with Crippen LogP contribution in [0.2, 0.25) is 0 Å². The number of guanidine groups is 1. The minimum atomic E-state index is -0.0528. The van der Waals surface area contributed by atoms with Gasteiger partial charge in [0.1, 0.15) is 0 Å². The molecule has 2 aliphatic heterocycles. The van der Waals surface area contributed by atoms with Crippen molar-refractivity contribution < 1.29 is 9.53 Å². The molecule has 2 bridgehead atoms. The molecule has 1 aromatic rings. The zero-order valence-corrected chi connectivity index (χ0v) is 18.8. The third-order valence-electron chi connectivity index (χ3n) is 4.67. The third kappa shape index (κ3) is 5.82. The molecule has 8 heteroatoms. The van der Waals surface area contributed by atoms with Gasteiger partial charge in [0.15, 0.2) is 5.96 Å². The van der Waals surface area contributed by atoms with E-state index in [-0.39, 0.29) is 29.9 Å². The minimum absolute atomic E-state index is 0. The molecule has 3 unspecified atom stereocenters. The molecule has 2 aliphatic rings. The monoisotopic (exact) mass is 536 g/mol. The van der Waals surface area contributed by atoms with E-state index in [1.165, 1.54) is 6.42 Å². The number of hydrogen-bond donors (Lipinski definition) is 3. The van der Waals surface area contributed by atoms with Crippen LogP contribution in [0.25, 0.3) is 0 Å². The summed E-state index contributed by atoms with van der Waals surface area (Å²) in [6.07, 6.45) is 4.97. The first-order chi connectivity index (χ1) is 12.2. The maximum Gasteiger partial charge on any atom is 0.251 e. The SMILES string of the molecule is CN=C(NCCCNC(=O)c1cccc(Br)c1)NC1CC2CCC1O2.I. The number of amides is 1. The predicted octanol–water partition coefficient (Wildman–Crippen LogP) is 2.67. The lowest BCUT2D eigenvalue weighted by Gasteiger charge is -2.22. The molecule has 2 saturated heterocycles. The number of carbonyl (C=O) groups is 1. The first kappa shape index (κ1) is 21.4. The summed E-state index contributed by atoms with van der Waals surface area (Å²) in [4.78, 5) is 16.3. The van der Waals surface area contributed by atoms with Gasteiger partial charge in [0.25, 0.3) is 5.91 Å². The van der Waals surface area contributed by atoms with E-state index in [9.17, 15) is 4.79 Å². The lowest BCUT2D eigenvalue weighted by Crippen LogP contribution is -2.47. The molecule has 6 nitrogen and oxygen atoms in total. The zero-order chi connectivity index (χ0) is 17.6. The van der Waals surface area contributed by atoms with E-state index in [0.717, 1.165) is 36.2 Å². The van der Waals surface area contributed by atoms with Gasteiger partial charge < -0.3 is 20.7 Å². The van der Waals surface area contributed by atoms with Gasteiger partial charge in [-0.05, 0) is 43.9 Å². The van der Waals surface area contributed by atoms with Crippen LogP contribution in [0.1, 0.15) is 36.0 Å². The van der Waals surface area contributed by atoms with Crippen molar-refractivity contribution in [2.75, 3.05) is 20.1 Å². The molecule has 26 heavy (non-hydrogen) atoms. The van der Waals surface area contributed by atoms with Crippen molar-refractivity contribution in [3.05, 3.63) is 34.3 Å². The molecular formula is C18H26BrIN4O2. The summed E-state index contributed by atoms with van der Waals surface area (Å²) in [5, 5.41) is 9.69. The first-order valence-corrected chi connectivity index (χ1v) is 9.61. The molecule has 0 radical (unpaired) electrons. The number of carbonyl (C=O) groups excluding carboxylic acids is 1. The van der Waals surface area contributed by atoms with Crippen molar-refractivity contribution in [2.24, 2.45) is 4.99 Å². The summed E-state index contributed by atoms with van der Waals surface area (Å²) in [6.45, 7) is 1.37. The highest BCUT2D eigenvalue weighted by Crippen LogP contribution is 2.34. The van der Waals surface area contributed by atoms with Crippen molar-refractivity contribution in [2.45, 2.75) is 43.9 Å². The van der Waals surface area contributed by atoms with Gasteiger partial charge >= 0.3 is 0 Å². The molecule has 0 spiro atoms. The molecule has 2 fully saturated rings. The lowest BCUT2D eigenvalue weighted by atomic mass is 9.96. The summed E-state index contributed by atoms with van der Waals surface area (Å²) in [5.74, 6) is 0.752. The minimum Gasteiger partial charge on any atom is -0.373 e. The number of hydrogen-bond acceptors (Lipinski definition) is 3. The fourth-order valence-electron chi connectivity index (χ4n) is 3.39. The summed E-state index contributed by atoms with van der Waals surface area (Å²) in [6, 6.07) is 7.75. The van der Waals surface area contributed by atoms with Crippen molar-refractivity contribution in [1.82, 2.24) is 16.0 Å². The molecule has 3 N–H and O–H groups in total. The predicted molar refractivity (Wildman–Crippen MR) is 117 cm³/mol. The lowest BCUT2D eigenvalue weighted by molar-refractivity contribution is 0.0952. The highest BCUT2D eigenvalue weighted by Gasteiger charge is 2.41. The average Bonchev–Trinajstić information content (AvgIpc) is 3.23. The van der Waals surface area contributed by atoms with Crippen molar-refractivity contribution >= 4 is 51.8 Å². The smallest absolute Gasteiger partial charge is 0.251 e. The Morgan fingerprint density at radius 3 is 2.77 bits per heavy atom. The molecule has 3 rings (SSSR count). The number of rotatable bonds is 6. The largest absolute Gasteiger partial charge is 0.373 e. The quantitative estimate of drug-likeness (QED) is 0.226. The Morgan fingerprint density at radius 2 is 2.12 bits per heavy atom. The van der Waals surface area contributed by atoms with Crippen LogP contribution in [-0.2, 0) is 4.74 Å². The third-order valence-corrected chi connectivity index (χ3v) is 5.16. The Bertz CT molecular complexity index is 643. The molecule has 0 saturated carbocycles. The van der Waals surface area contributed by atoms with E-state index in [0.29, 0.717) is 30.4 Å².